The summed E-state index contributed by atoms with van der Waals surface area (Å²) < 4.78 is 0. The minimum Gasteiger partial charge on any atom is -0.357 e. The van der Waals surface area contributed by atoms with Gasteiger partial charge in [-0.1, -0.05) is 12.1 Å². The molecule has 9 nitrogen and oxygen atoms in total. The van der Waals surface area contributed by atoms with Crippen molar-refractivity contribution in [2.75, 3.05) is 52.9 Å². The summed E-state index contributed by atoms with van der Waals surface area (Å²) in [5.41, 5.74) is 1.50. The van der Waals surface area contributed by atoms with E-state index in [0.717, 1.165) is 5.56 Å². The van der Waals surface area contributed by atoms with Gasteiger partial charge in [-0.15, -0.1) is 0 Å². The van der Waals surface area contributed by atoms with Gasteiger partial charge in [-0.3, -0.25) is 14.4 Å². The molecule has 0 spiro atoms. The number of benzene rings is 1. The van der Waals surface area contributed by atoms with E-state index in [1.165, 1.54) is 0 Å². The summed E-state index contributed by atoms with van der Waals surface area (Å²) in [6.07, 6.45) is 0. The molecule has 1 aliphatic heterocycles. The van der Waals surface area contributed by atoms with Gasteiger partial charge in [0.25, 0.3) is 5.91 Å². The largest absolute Gasteiger partial charge is 0.357 e. The van der Waals surface area contributed by atoms with E-state index in [1.54, 1.807) is 21.9 Å². The van der Waals surface area contributed by atoms with Crippen LogP contribution >= 0.6 is 0 Å². The number of carbonyl (C=O) groups excluding carboxylic acids is 3. The molecule has 0 saturated carbocycles. The molecule has 1 aromatic carbocycles. The minimum absolute atomic E-state index is 0.0624. The van der Waals surface area contributed by atoms with Crippen molar-refractivity contribution < 1.29 is 14.4 Å². The Morgan fingerprint density at radius 1 is 1.16 bits per heavy atom. The van der Waals surface area contributed by atoms with E-state index in [4.69, 9.17) is 0 Å². The maximum Gasteiger partial charge on any atom is 0.254 e. The molecule has 0 aromatic heterocycles. The lowest BCUT2D eigenvalue weighted by Gasteiger charge is -2.26. The number of likely N-dealkylation sites (N-methyl/N-ethyl adjacent to an activating group) is 2. The molecular weight excluding hydrogens is 396 g/mol. The summed E-state index contributed by atoms with van der Waals surface area (Å²) >= 11 is 0. The average Bonchev–Trinajstić information content (AvgIpc) is 2.77. The zero-order chi connectivity index (χ0) is 22.8. The number of hydrogen-bond donors (Lipinski definition) is 2. The number of hydrogen-bond acceptors (Lipinski definition) is 4. The Balaban J connectivity index is 2.01. The zero-order valence-corrected chi connectivity index (χ0v) is 19.0. The van der Waals surface area contributed by atoms with Crippen molar-refractivity contribution in [2.24, 2.45) is 4.99 Å². The molecule has 170 valence electrons. The van der Waals surface area contributed by atoms with Crippen LogP contribution in [0.4, 0.5) is 0 Å². The van der Waals surface area contributed by atoms with Crippen molar-refractivity contribution in [3.63, 3.8) is 0 Å². The topological polar surface area (TPSA) is 97.4 Å². The number of nitrogens with zero attached hydrogens (tertiary/aromatic N) is 4. The molecule has 1 fully saturated rings. The maximum absolute atomic E-state index is 12.6. The number of nitrogens with one attached hydrogen (secondary N) is 2. The first-order valence-electron chi connectivity index (χ1n) is 10.8. The highest BCUT2D eigenvalue weighted by molar-refractivity contribution is 5.97. The van der Waals surface area contributed by atoms with Gasteiger partial charge in [0.2, 0.25) is 11.8 Å². The van der Waals surface area contributed by atoms with Crippen LogP contribution < -0.4 is 10.6 Å². The molecule has 0 atom stereocenters. The van der Waals surface area contributed by atoms with Crippen LogP contribution in [0.1, 0.15) is 36.7 Å². The van der Waals surface area contributed by atoms with Crippen molar-refractivity contribution in [3.05, 3.63) is 35.4 Å². The molecular formula is C22H34N6O3. The highest BCUT2D eigenvalue weighted by Crippen LogP contribution is 2.10. The van der Waals surface area contributed by atoms with E-state index in [9.17, 15) is 14.4 Å². The lowest BCUT2D eigenvalue weighted by atomic mass is 10.1. The van der Waals surface area contributed by atoms with Crippen molar-refractivity contribution in [3.8, 4) is 0 Å². The summed E-state index contributed by atoms with van der Waals surface area (Å²) in [7, 11) is 1.85. The van der Waals surface area contributed by atoms with Gasteiger partial charge in [0.15, 0.2) is 5.96 Å². The lowest BCUT2D eigenvalue weighted by molar-refractivity contribution is -0.131. The third-order valence-corrected chi connectivity index (χ3v) is 5.12. The summed E-state index contributed by atoms with van der Waals surface area (Å²) in [6, 6.07) is 7.26. The number of aliphatic imine (C=N–C) groups is 1. The molecule has 9 heteroatoms. The Labute approximate surface area is 184 Å². The first-order chi connectivity index (χ1) is 14.9. The Bertz CT molecular complexity index is 789. The van der Waals surface area contributed by atoms with Crippen LogP contribution in [0.5, 0.6) is 0 Å². The van der Waals surface area contributed by atoms with Crippen molar-refractivity contribution in [2.45, 2.75) is 27.3 Å². The molecule has 31 heavy (non-hydrogen) atoms. The summed E-state index contributed by atoms with van der Waals surface area (Å²) in [5, 5.41) is 5.93. The van der Waals surface area contributed by atoms with Crippen LogP contribution in [0, 0.1) is 0 Å². The summed E-state index contributed by atoms with van der Waals surface area (Å²) in [6.45, 7) is 9.75. The van der Waals surface area contributed by atoms with Crippen LogP contribution in [-0.2, 0) is 16.1 Å². The van der Waals surface area contributed by atoms with Crippen molar-refractivity contribution in [1.82, 2.24) is 25.3 Å². The smallest absolute Gasteiger partial charge is 0.254 e. The Kier molecular flexibility index (Phi) is 9.30. The molecule has 1 aromatic rings. The Morgan fingerprint density at radius 3 is 2.42 bits per heavy atom. The van der Waals surface area contributed by atoms with E-state index < -0.39 is 0 Å². The van der Waals surface area contributed by atoms with Gasteiger partial charge in [-0.2, -0.15) is 0 Å². The fourth-order valence-electron chi connectivity index (χ4n) is 3.34. The van der Waals surface area contributed by atoms with Gasteiger partial charge in [-0.25, -0.2) is 4.99 Å². The highest BCUT2D eigenvalue weighted by atomic mass is 16.2. The molecule has 3 amide bonds. The molecule has 1 aliphatic rings. The normalized spacial score (nSPS) is 14.1. The highest BCUT2D eigenvalue weighted by Gasteiger charge is 2.22. The molecule has 2 rings (SSSR count). The number of piperazine rings is 1. The Hall–Kier alpha value is -3.10. The van der Waals surface area contributed by atoms with E-state index in [0.29, 0.717) is 50.8 Å². The van der Waals surface area contributed by atoms with Gasteiger partial charge in [0.05, 0.1) is 19.6 Å². The van der Waals surface area contributed by atoms with Crippen molar-refractivity contribution >= 4 is 23.7 Å². The third kappa shape index (κ3) is 6.97. The van der Waals surface area contributed by atoms with Crippen LogP contribution in [0.3, 0.4) is 0 Å². The minimum atomic E-state index is -0.145. The standard InChI is InChI=1S/C22H34N6O3/c1-5-23-22(26(4)16-20(30)27(6-2)7-3)25-14-17-8-10-18(11-9-17)21(31)28-13-12-24-19(29)15-28/h8-11H,5-7,12-16H2,1-4H3,(H,23,25)(H,24,29). The summed E-state index contributed by atoms with van der Waals surface area (Å²) in [5.74, 6) is 0.438. The first-order valence-corrected chi connectivity index (χ1v) is 10.8. The molecule has 1 heterocycles. The van der Waals surface area contributed by atoms with Gasteiger partial charge < -0.3 is 25.3 Å². The lowest BCUT2D eigenvalue weighted by Crippen LogP contribution is -2.49. The van der Waals surface area contributed by atoms with Crippen LogP contribution in [0.15, 0.2) is 29.3 Å². The molecule has 0 unspecified atom stereocenters. The van der Waals surface area contributed by atoms with Gasteiger partial charge in [0, 0.05) is 45.3 Å². The second-order valence-electron chi connectivity index (χ2n) is 7.37. The SMILES string of the molecule is CCNC(=NCc1ccc(C(=O)N2CCNC(=O)C2)cc1)N(C)CC(=O)N(CC)CC. The van der Waals surface area contributed by atoms with E-state index in [1.807, 2.05) is 44.9 Å². The predicted octanol–water partition coefficient (Wildman–Crippen LogP) is 0.524. The predicted molar refractivity (Wildman–Crippen MR) is 121 cm³/mol. The molecule has 1 saturated heterocycles. The van der Waals surface area contributed by atoms with E-state index in [2.05, 4.69) is 15.6 Å². The second kappa shape index (κ2) is 11.9. The third-order valence-electron chi connectivity index (χ3n) is 5.12. The van der Waals surface area contributed by atoms with Crippen LogP contribution in [0.2, 0.25) is 0 Å². The molecule has 0 aliphatic carbocycles. The Morgan fingerprint density at radius 2 is 1.84 bits per heavy atom. The molecule has 2 N–H and O–H groups in total. The van der Waals surface area contributed by atoms with Crippen LogP contribution in [0.25, 0.3) is 0 Å². The number of rotatable bonds is 8. The first kappa shape index (κ1) is 24.2. The zero-order valence-electron chi connectivity index (χ0n) is 19.0. The number of carbonyl (C=O) groups is 3. The molecule has 0 radical (unpaired) electrons. The number of guanidine groups is 1. The van der Waals surface area contributed by atoms with Crippen molar-refractivity contribution in [1.29, 1.82) is 0 Å². The summed E-state index contributed by atoms with van der Waals surface area (Å²) in [4.78, 5) is 46.3. The van der Waals surface area contributed by atoms with Gasteiger partial charge >= 0.3 is 0 Å². The average molecular weight is 431 g/mol. The maximum atomic E-state index is 12.6. The number of amides is 3. The second-order valence-corrected chi connectivity index (χ2v) is 7.37. The van der Waals surface area contributed by atoms with E-state index >= 15 is 0 Å². The fourth-order valence-corrected chi connectivity index (χ4v) is 3.34. The van der Waals surface area contributed by atoms with Crippen LogP contribution in [-0.4, -0.2) is 91.2 Å². The van der Waals surface area contributed by atoms with Gasteiger partial charge in [-0.05, 0) is 38.5 Å². The van der Waals surface area contributed by atoms with E-state index in [-0.39, 0.29) is 30.8 Å². The monoisotopic (exact) mass is 430 g/mol. The van der Waals surface area contributed by atoms with Gasteiger partial charge in [0.1, 0.15) is 0 Å². The fraction of sp³-hybridized carbons (Fsp3) is 0.545. The quantitative estimate of drug-likeness (QED) is 0.463. The molecule has 0 bridgehead atoms.